The summed E-state index contributed by atoms with van der Waals surface area (Å²) in [6, 6.07) is 0. The quantitative estimate of drug-likeness (QED) is 0.887. The van der Waals surface area contributed by atoms with Crippen molar-refractivity contribution in [1.82, 2.24) is 14.7 Å². The van der Waals surface area contributed by atoms with E-state index in [-0.39, 0.29) is 19.1 Å². The predicted octanol–water partition coefficient (Wildman–Crippen LogP) is 0.773. The van der Waals surface area contributed by atoms with Gasteiger partial charge in [-0.05, 0) is 12.8 Å². The van der Waals surface area contributed by atoms with Crippen LogP contribution in [0, 0.1) is 12.8 Å². The van der Waals surface area contributed by atoms with E-state index < -0.39 is 12.1 Å². The fourth-order valence-corrected chi connectivity index (χ4v) is 2.34. The standard InChI is InChI=1S/C14H21N3O4/c1-9(2)7-17-10(3)11(6-15-17)13(18)16-4-5-21-12(8-16)14(19)20/h6,9,12H,4-5,7-8H2,1-3H3,(H,19,20). The first-order valence-corrected chi connectivity index (χ1v) is 7.06. The highest BCUT2D eigenvalue weighted by Crippen LogP contribution is 2.15. The number of carboxylic acid groups (broad SMARTS) is 1. The van der Waals surface area contributed by atoms with Gasteiger partial charge in [-0.3, -0.25) is 9.48 Å². The Morgan fingerprint density at radius 1 is 1.52 bits per heavy atom. The smallest absolute Gasteiger partial charge is 0.334 e. The van der Waals surface area contributed by atoms with Crippen LogP contribution in [0.3, 0.4) is 0 Å². The molecule has 1 amide bonds. The van der Waals surface area contributed by atoms with Crippen molar-refractivity contribution < 1.29 is 19.4 Å². The lowest BCUT2D eigenvalue weighted by Gasteiger charge is -2.30. The summed E-state index contributed by atoms with van der Waals surface area (Å²) >= 11 is 0. The summed E-state index contributed by atoms with van der Waals surface area (Å²) in [5, 5.41) is 13.2. The van der Waals surface area contributed by atoms with Gasteiger partial charge in [0.15, 0.2) is 6.10 Å². The van der Waals surface area contributed by atoms with Crippen molar-refractivity contribution in [3.63, 3.8) is 0 Å². The number of morpholine rings is 1. The second kappa shape index (κ2) is 6.26. The molecule has 2 heterocycles. The van der Waals surface area contributed by atoms with Crippen LogP contribution in [-0.4, -0.2) is 57.5 Å². The van der Waals surface area contributed by atoms with Gasteiger partial charge in [0.2, 0.25) is 0 Å². The van der Waals surface area contributed by atoms with Crippen LogP contribution in [-0.2, 0) is 16.1 Å². The minimum absolute atomic E-state index is 0.0724. The van der Waals surface area contributed by atoms with Gasteiger partial charge in [-0.2, -0.15) is 5.10 Å². The number of aliphatic carboxylic acids is 1. The summed E-state index contributed by atoms with van der Waals surface area (Å²) in [5.74, 6) is -0.789. The van der Waals surface area contributed by atoms with Gasteiger partial charge in [0.25, 0.3) is 5.91 Å². The molecule has 0 saturated carbocycles. The number of nitrogens with zero attached hydrogens (tertiary/aromatic N) is 3. The zero-order valence-corrected chi connectivity index (χ0v) is 12.6. The van der Waals surface area contributed by atoms with E-state index in [0.29, 0.717) is 18.0 Å². The molecule has 1 aromatic rings. The van der Waals surface area contributed by atoms with Crippen LogP contribution in [0.5, 0.6) is 0 Å². The van der Waals surface area contributed by atoms with E-state index in [4.69, 9.17) is 9.84 Å². The topological polar surface area (TPSA) is 84.7 Å². The maximum atomic E-state index is 12.5. The van der Waals surface area contributed by atoms with Crippen molar-refractivity contribution in [1.29, 1.82) is 0 Å². The predicted molar refractivity (Wildman–Crippen MR) is 75.1 cm³/mol. The lowest BCUT2D eigenvalue weighted by Crippen LogP contribution is -2.48. The maximum Gasteiger partial charge on any atom is 0.334 e. The summed E-state index contributed by atoms with van der Waals surface area (Å²) in [4.78, 5) is 25.0. The van der Waals surface area contributed by atoms with E-state index >= 15 is 0 Å². The fourth-order valence-electron chi connectivity index (χ4n) is 2.34. The van der Waals surface area contributed by atoms with Crippen molar-refractivity contribution in [2.24, 2.45) is 5.92 Å². The molecule has 1 unspecified atom stereocenters. The molecule has 1 aromatic heterocycles. The average molecular weight is 295 g/mol. The van der Waals surface area contributed by atoms with Gasteiger partial charge >= 0.3 is 5.97 Å². The number of hydrogen-bond donors (Lipinski definition) is 1. The van der Waals surface area contributed by atoms with Gasteiger partial charge in [-0.15, -0.1) is 0 Å². The number of rotatable bonds is 4. The lowest BCUT2D eigenvalue weighted by atomic mass is 10.2. The van der Waals surface area contributed by atoms with Crippen LogP contribution in [0.1, 0.15) is 29.9 Å². The molecule has 116 valence electrons. The highest BCUT2D eigenvalue weighted by Gasteiger charge is 2.30. The second-order valence-electron chi connectivity index (χ2n) is 5.67. The Morgan fingerprint density at radius 2 is 2.24 bits per heavy atom. The minimum Gasteiger partial charge on any atom is -0.479 e. The molecule has 1 N–H and O–H groups in total. The fraction of sp³-hybridized carbons (Fsp3) is 0.643. The maximum absolute atomic E-state index is 12.5. The molecule has 0 aliphatic carbocycles. The number of carbonyl (C=O) groups excluding carboxylic acids is 1. The molecule has 0 aromatic carbocycles. The summed E-state index contributed by atoms with van der Waals surface area (Å²) in [6.45, 7) is 7.49. The van der Waals surface area contributed by atoms with Gasteiger partial charge in [-0.25, -0.2) is 4.79 Å². The van der Waals surface area contributed by atoms with Crippen molar-refractivity contribution in [2.45, 2.75) is 33.4 Å². The van der Waals surface area contributed by atoms with Gasteiger partial charge in [0.1, 0.15) is 0 Å². The Balaban J connectivity index is 2.13. The molecular weight excluding hydrogens is 274 g/mol. The third kappa shape index (κ3) is 3.41. The molecule has 21 heavy (non-hydrogen) atoms. The van der Waals surface area contributed by atoms with E-state index in [2.05, 4.69) is 18.9 Å². The highest BCUT2D eigenvalue weighted by atomic mass is 16.5. The average Bonchev–Trinajstić information content (AvgIpc) is 2.79. The molecule has 2 rings (SSSR count). The molecule has 0 spiro atoms. The molecule has 7 heteroatoms. The van der Waals surface area contributed by atoms with E-state index in [1.165, 1.54) is 4.90 Å². The van der Waals surface area contributed by atoms with Crippen molar-refractivity contribution in [3.05, 3.63) is 17.5 Å². The Labute approximate surface area is 123 Å². The monoisotopic (exact) mass is 295 g/mol. The molecule has 1 saturated heterocycles. The van der Waals surface area contributed by atoms with Gasteiger partial charge in [-0.1, -0.05) is 13.8 Å². The Hall–Kier alpha value is -1.89. The van der Waals surface area contributed by atoms with Gasteiger partial charge in [0, 0.05) is 18.8 Å². The molecule has 0 bridgehead atoms. The van der Waals surface area contributed by atoms with E-state index in [1.807, 2.05) is 11.6 Å². The number of carboxylic acids is 1. The van der Waals surface area contributed by atoms with Crippen LogP contribution in [0.4, 0.5) is 0 Å². The van der Waals surface area contributed by atoms with Crippen LogP contribution < -0.4 is 0 Å². The van der Waals surface area contributed by atoms with Crippen LogP contribution in [0.15, 0.2) is 6.20 Å². The zero-order chi connectivity index (χ0) is 15.6. The highest BCUT2D eigenvalue weighted by molar-refractivity contribution is 5.95. The summed E-state index contributed by atoms with van der Waals surface area (Å²) < 4.78 is 6.94. The number of carbonyl (C=O) groups is 2. The lowest BCUT2D eigenvalue weighted by molar-refractivity contribution is -0.154. The number of amides is 1. The van der Waals surface area contributed by atoms with E-state index in [1.54, 1.807) is 6.20 Å². The first-order valence-electron chi connectivity index (χ1n) is 7.06. The third-order valence-corrected chi connectivity index (χ3v) is 3.50. The summed E-state index contributed by atoms with van der Waals surface area (Å²) in [5.41, 5.74) is 1.34. The first kappa shape index (κ1) is 15.5. The van der Waals surface area contributed by atoms with Crippen LogP contribution in [0.25, 0.3) is 0 Å². The second-order valence-corrected chi connectivity index (χ2v) is 5.67. The van der Waals surface area contributed by atoms with Gasteiger partial charge in [0.05, 0.1) is 24.9 Å². The molecule has 1 aliphatic rings. The number of ether oxygens (including phenoxy) is 1. The SMILES string of the molecule is Cc1c(C(=O)N2CCOC(C(=O)O)C2)cnn1CC(C)C. The molecular formula is C14H21N3O4. The molecule has 1 atom stereocenters. The largest absolute Gasteiger partial charge is 0.479 e. The van der Waals surface area contributed by atoms with E-state index in [9.17, 15) is 9.59 Å². The zero-order valence-electron chi connectivity index (χ0n) is 12.6. The van der Waals surface area contributed by atoms with Crippen LogP contribution >= 0.6 is 0 Å². The Bertz CT molecular complexity index is 538. The third-order valence-electron chi connectivity index (χ3n) is 3.50. The number of hydrogen-bond acceptors (Lipinski definition) is 4. The first-order chi connectivity index (χ1) is 9.90. The molecule has 1 fully saturated rings. The summed E-state index contributed by atoms with van der Waals surface area (Å²) in [6.07, 6.45) is 0.611. The number of aromatic nitrogens is 2. The van der Waals surface area contributed by atoms with Crippen LogP contribution in [0.2, 0.25) is 0 Å². The normalized spacial score (nSPS) is 19.0. The molecule has 7 nitrogen and oxygen atoms in total. The van der Waals surface area contributed by atoms with Crippen molar-refractivity contribution in [2.75, 3.05) is 19.7 Å². The Morgan fingerprint density at radius 3 is 2.86 bits per heavy atom. The van der Waals surface area contributed by atoms with Crippen molar-refractivity contribution >= 4 is 11.9 Å². The summed E-state index contributed by atoms with van der Waals surface area (Å²) in [7, 11) is 0. The van der Waals surface area contributed by atoms with E-state index in [0.717, 1.165) is 12.2 Å². The molecule has 1 aliphatic heterocycles. The van der Waals surface area contributed by atoms with Crippen molar-refractivity contribution in [3.8, 4) is 0 Å². The minimum atomic E-state index is -1.04. The molecule has 0 radical (unpaired) electrons. The van der Waals surface area contributed by atoms with Gasteiger partial charge < -0.3 is 14.7 Å². The Kier molecular flexibility index (Phi) is 4.62.